The summed E-state index contributed by atoms with van der Waals surface area (Å²) in [6.45, 7) is 3.73. The van der Waals surface area contributed by atoms with Crippen LogP contribution >= 0.6 is 11.6 Å². The molecule has 96 valence electrons. The SMILES string of the molecule is CCC(O)(CC)c1c(Cl)nc(OC)nc1OC. The van der Waals surface area contributed by atoms with E-state index in [1.807, 2.05) is 13.8 Å². The molecule has 1 N–H and O–H groups in total. The first kappa shape index (κ1) is 14.0. The topological polar surface area (TPSA) is 64.5 Å². The van der Waals surface area contributed by atoms with Crippen LogP contribution in [0.25, 0.3) is 0 Å². The number of halogens is 1. The van der Waals surface area contributed by atoms with Crippen molar-refractivity contribution in [2.24, 2.45) is 0 Å². The van der Waals surface area contributed by atoms with Crippen LogP contribution in [0.1, 0.15) is 32.3 Å². The van der Waals surface area contributed by atoms with E-state index in [4.69, 9.17) is 21.1 Å². The maximum absolute atomic E-state index is 10.5. The number of hydrogen-bond donors (Lipinski definition) is 1. The Morgan fingerprint density at radius 2 is 1.76 bits per heavy atom. The van der Waals surface area contributed by atoms with E-state index >= 15 is 0 Å². The zero-order valence-electron chi connectivity index (χ0n) is 10.5. The molecule has 0 amide bonds. The minimum Gasteiger partial charge on any atom is -0.481 e. The Hall–Kier alpha value is -1.07. The second-order valence-electron chi connectivity index (χ2n) is 3.62. The van der Waals surface area contributed by atoms with Crippen molar-refractivity contribution in [1.29, 1.82) is 0 Å². The van der Waals surface area contributed by atoms with Gasteiger partial charge in [0, 0.05) is 0 Å². The molecule has 0 aliphatic carbocycles. The minimum atomic E-state index is -1.09. The van der Waals surface area contributed by atoms with Gasteiger partial charge in [0.15, 0.2) is 0 Å². The van der Waals surface area contributed by atoms with E-state index in [0.717, 1.165) is 0 Å². The van der Waals surface area contributed by atoms with Crippen molar-refractivity contribution in [2.75, 3.05) is 14.2 Å². The highest BCUT2D eigenvalue weighted by Crippen LogP contribution is 2.39. The van der Waals surface area contributed by atoms with Crippen LogP contribution in [-0.4, -0.2) is 29.3 Å². The number of aliphatic hydroxyl groups is 1. The van der Waals surface area contributed by atoms with Gasteiger partial charge in [-0.2, -0.15) is 9.97 Å². The van der Waals surface area contributed by atoms with E-state index < -0.39 is 5.60 Å². The fourth-order valence-electron chi connectivity index (χ4n) is 1.63. The summed E-state index contributed by atoms with van der Waals surface area (Å²) >= 11 is 6.06. The van der Waals surface area contributed by atoms with Gasteiger partial charge in [-0.15, -0.1) is 0 Å². The van der Waals surface area contributed by atoms with E-state index in [2.05, 4.69) is 9.97 Å². The van der Waals surface area contributed by atoms with Crippen LogP contribution in [0.2, 0.25) is 5.15 Å². The Balaban J connectivity index is 3.41. The molecule has 0 spiro atoms. The summed E-state index contributed by atoms with van der Waals surface area (Å²) in [7, 11) is 2.91. The second kappa shape index (κ2) is 5.51. The van der Waals surface area contributed by atoms with E-state index in [9.17, 15) is 5.11 Å². The molecule has 0 aromatic carbocycles. The molecule has 0 radical (unpaired) electrons. The molecule has 0 unspecified atom stereocenters. The van der Waals surface area contributed by atoms with Gasteiger partial charge in [0.1, 0.15) is 5.15 Å². The van der Waals surface area contributed by atoms with Crippen molar-refractivity contribution >= 4 is 11.6 Å². The molecule has 0 saturated heterocycles. The smallest absolute Gasteiger partial charge is 0.320 e. The summed E-state index contributed by atoms with van der Waals surface area (Å²) in [6.07, 6.45) is 0.991. The van der Waals surface area contributed by atoms with Gasteiger partial charge in [-0.3, -0.25) is 0 Å². The average Bonchev–Trinajstić information content (AvgIpc) is 2.36. The Bertz CT molecular complexity index is 395. The van der Waals surface area contributed by atoms with Crippen LogP contribution in [0.4, 0.5) is 0 Å². The van der Waals surface area contributed by atoms with Crippen molar-refractivity contribution in [3.63, 3.8) is 0 Å². The molecule has 1 aromatic heterocycles. The third kappa shape index (κ3) is 2.61. The van der Waals surface area contributed by atoms with Gasteiger partial charge in [0.2, 0.25) is 5.88 Å². The van der Waals surface area contributed by atoms with Gasteiger partial charge < -0.3 is 14.6 Å². The number of aromatic nitrogens is 2. The van der Waals surface area contributed by atoms with E-state index in [0.29, 0.717) is 18.4 Å². The standard InChI is InChI=1S/C11H17ClN2O3/c1-5-11(15,6-2)7-8(12)13-10(17-4)14-9(7)16-3/h15H,5-6H2,1-4H3. The van der Waals surface area contributed by atoms with E-state index in [-0.39, 0.29) is 17.0 Å². The first-order valence-corrected chi connectivity index (χ1v) is 5.78. The number of ether oxygens (including phenoxy) is 2. The number of hydrogen-bond acceptors (Lipinski definition) is 5. The molecule has 0 aliphatic heterocycles. The number of rotatable bonds is 5. The summed E-state index contributed by atoms with van der Waals surface area (Å²) in [5.41, 5.74) is -0.679. The van der Waals surface area contributed by atoms with E-state index in [1.54, 1.807) is 0 Å². The number of nitrogens with zero attached hydrogens (tertiary/aromatic N) is 2. The summed E-state index contributed by atoms with van der Waals surface area (Å²) in [5.74, 6) is 0.244. The van der Waals surface area contributed by atoms with Gasteiger partial charge in [-0.05, 0) is 12.8 Å². The van der Waals surface area contributed by atoms with Crippen molar-refractivity contribution in [2.45, 2.75) is 32.3 Å². The minimum absolute atomic E-state index is 0.116. The zero-order chi connectivity index (χ0) is 13.1. The molecule has 1 heterocycles. The third-order valence-electron chi connectivity index (χ3n) is 2.82. The molecule has 5 nitrogen and oxygen atoms in total. The average molecular weight is 261 g/mol. The zero-order valence-corrected chi connectivity index (χ0v) is 11.2. The molecule has 0 bridgehead atoms. The number of methoxy groups -OCH3 is 2. The lowest BCUT2D eigenvalue weighted by molar-refractivity contribution is 0.0250. The first-order chi connectivity index (χ1) is 8.02. The monoisotopic (exact) mass is 260 g/mol. The lowest BCUT2D eigenvalue weighted by Crippen LogP contribution is -2.26. The van der Waals surface area contributed by atoms with Gasteiger partial charge in [0.05, 0.1) is 25.4 Å². The molecule has 1 rings (SSSR count). The van der Waals surface area contributed by atoms with Crippen LogP contribution in [0, 0.1) is 0 Å². The molecule has 0 saturated carbocycles. The lowest BCUT2D eigenvalue weighted by atomic mass is 9.90. The van der Waals surface area contributed by atoms with Crippen LogP contribution in [0.15, 0.2) is 0 Å². The molecule has 17 heavy (non-hydrogen) atoms. The molecule has 0 atom stereocenters. The van der Waals surface area contributed by atoms with Gasteiger partial charge >= 0.3 is 6.01 Å². The Morgan fingerprint density at radius 3 is 2.18 bits per heavy atom. The highest BCUT2D eigenvalue weighted by atomic mass is 35.5. The maximum Gasteiger partial charge on any atom is 0.320 e. The normalized spacial score (nSPS) is 11.4. The fourth-order valence-corrected chi connectivity index (χ4v) is 1.96. The van der Waals surface area contributed by atoms with Crippen molar-refractivity contribution in [3.8, 4) is 11.9 Å². The molecular formula is C11H17ClN2O3. The Labute approximate surface area is 106 Å². The van der Waals surface area contributed by atoms with Crippen molar-refractivity contribution in [1.82, 2.24) is 9.97 Å². The first-order valence-electron chi connectivity index (χ1n) is 5.40. The fraction of sp³-hybridized carbons (Fsp3) is 0.636. The Kier molecular flexibility index (Phi) is 4.54. The van der Waals surface area contributed by atoms with E-state index in [1.165, 1.54) is 14.2 Å². The van der Waals surface area contributed by atoms with Gasteiger partial charge in [0.25, 0.3) is 0 Å². The lowest BCUT2D eigenvalue weighted by Gasteiger charge is -2.27. The van der Waals surface area contributed by atoms with Gasteiger partial charge in [-0.1, -0.05) is 25.4 Å². The molecule has 6 heteroatoms. The second-order valence-corrected chi connectivity index (χ2v) is 3.98. The highest BCUT2D eigenvalue weighted by Gasteiger charge is 2.33. The van der Waals surface area contributed by atoms with Crippen LogP contribution < -0.4 is 9.47 Å². The quantitative estimate of drug-likeness (QED) is 0.822. The van der Waals surface area contributed by atoms with Crippen LogP contribution in [0.5, 0.6) is 11.9 Å². The summed E-state index contributed by atoms with van der Waals surface area (Å²) in [6, 6.07) is 0.116. The molecule has 0 fully saturated rings. The maximum atomic E-state index is 10.5. The molecular weight excluding hydrogens is 244 g/mol. The predicted molar refractivity (Wildman–Crippen MR) is 64.6 cm³/mol. The molecule has 0 aliphatic rings. The predicted octanol–water partition coefficient (Wildman–Crippen LogP) is 2.15. The Morgan fingerprint density at radius 1 is 1.18 bits per heavy atom. The van der Waals surface area contributed by atoms with Gasteiger partial charge in [-0.25, -0.2) is 0 Å². The highest BCUT2D eigenvalue weighted by molar-refractivity contribution is 6.30. The third-order valence-corrected chi connectivity index (χ3v) is 3.10. The molecule has 1 aromatic rings. The van der Waals surface area contributed by atoms with Crippen LogP contribution in [-0.2, 0) is 5.60 Å². The summed E-state index contributed by atoms with van der Waals surface area (Å²) < 4.78 is 10.0. The largest absolute Gasteiger partial charge is 0.481 e. The van der Waals surface area contributed by atoms with Crippen molar-refractivity contribution in [3.05, 3.63) is 10.7 Å². The van der Waals surface area contributed by atoms with Crippen molar-refractivity contribution < 1.29 is 14.6 Å². The summed E-state index contributed by atoms with van der Waals surface area (Å²) in [5, 5.41) is 10.6. The van der Waals surface area contributed by atoms with Crippen LogP contribution in [0.3, 0.4) is 0 Å². The summed E-state index contributed by atoms with van der Waals surface area (Å²) in [4.78, 5) is 7.99.